The zero-order valence-corrected chi connectivity index (χ0v) is 12.1. The molecule has 0 bridgehead atoms. The van der Waals surface area contributed by atoms with E-state index in [-0.39, 0.29) is 16.6 Å². The van der Waals surface area contributed by atoms with Crippen LogP contribution in [-0.4, -0.2) is 26.7 Å². The molecule has 1 amide bonds. The van der Waals surface area contributed by atoms with Crippen molar-refractivity contribution < 1.29 is 14.7 Å². The Hall–Kier alpha value is -2.93. The van der Waals surface area contributed by atoms with E-state index in [0.29, 0.717) is 5.70 Å². The maximum absolute atomic E-state index is 11.7. The number of carbonyl (C=O) groups excluding carboxylic acids is 1. The molecule has 3 rings (SSSR count). The van der Waals surface area contributed by atoms with Crippen LogP contribution in [0.5, 0.6) is 0 Å². The van der Waals surface area contributed by atoms with Gasteiger partial charge in [-0.15, -0.1) is 0 Å². The maximum Gasteiger partial charge on any atom is 0.335 e. The molecule has 0 spiro atoms. The average Bonchev–Trinajstić information content (AvgIpc) is 3.06. The molecule has 1 aliphatic rings. The Balaban J connectivity index is 1.95. The number of carboxylic acid groups (broad SMARTS) is 1. The summed E-state index contributed by atoms with van der Waals surface area (Å²) in [6.45, 7) is 0. The highest BCUT2D eigenvalue weighted by Crippen LogP contribution is 2.17. The van der Waals surface area contributed by atoms with Gasteiger partial charge in [0.2, 0.25) is 0 Å². The second kappa shape index (κ2) is 5.45. The van der Waals surface area contributed by atoms with Gasteiger partial charge in [0.25, 0.3) is 5.91 Å². The van der Waals surface area contributed by atoms with Crippen molar-refractivity contribution in [2.75, 3.05) is 0 Å². The van der Waals surface area contributed by atoms with E-state index in [1.807, 2.05) is 22.9 Å². The zero-order valence-electron chi connectivity index (χ0n) is 11.2. The van der Waals surface area contributed by atoms with Crippen LogP contribution in [0.2, 0.25) is 0 Å². The van der Waals surface area contributed by atoms with Crippen molar-refractivity contribution in [1.82, 2.24) is 15.2 Å². The highest BCUT2D eigenvalue weighted by Gasteiger charge is 2.20. The number of thiocarbonyl (C=S) groups is 1. The van der Waals surface area contributed by atoms with Gasteiger partial charge in [0.1, 0.15) is 5.70 Å². The minimum atomic E-state index is -0.971. The van der Waals surface area contributed by atoms with Crippen LogP contribution in [0.1, 0.15) is 16.1 Å². The number of benzene rings is 1. The van der Waals surface area contributed by atoms with Crippen LogP contribution in [0.3, 0.4) is 0 Å². The topological polar surface area (TPSA) is 83.4 Å². The van der Waals surface area contributed by atoms with Crippen LogP contribution < -0.4 is 10.6 Å². The Morgan fingerprint density at radius 2 is 1.91 bits per heavy atom. The molecule has 1 aromatic heterocycles. The number of carbonyl (C=O) groups is 2. The first-order valence-electron chi connectivity index (χ1n) is 6.40. The summed E-state index contributed by atoms with van der Waals surface area (Å²) in [5, 5.41) is 14.5. The summed E-state index contributed by atoms with van der Waals surface area (Å²) in [4.78, 5) is 22.6. The summed E-state index contributed by atoms with van der Waals surface area (Å²) in [7, 11) is 0. The molecule has 110 valence electrons. The van der Waals surface area contributed by atoms with Crippen molar-refractivity contribution in [2.24, 2.45) is 0 Å². The lowest BCUT2D eigenvalue weighted by molar-refractivity contribution is -0.115. The number of amides is 1. The molecule has 1 aromatic carbocycles. The van der Waals surface area contributed by atoms with Gasteiger partial charge < -0.3 is 15.0 Å². The van der Waals surface area contributed by atoms with Gasteiger partial charge in [-0.2, -0.15) is 0 Å². The molecule has 0 atom stereocenters. The van der Waals surface area contributed by atoms with Gasteiger partial charge in [-0.3, -0.25) is 10.1 Å². The summed E-state index contributed by atoms with van der Waals surface area (Å²) in [5.41, 5.74) is 2.15. The molecule has 2 aromatic rings. The Kier molecular flexibility index (Phi) is 3.48. The van der Waals surface area contributed by atoms with E-state index in [2.05, 4.69) is 10.6 Å². The van der Waals surface area contributed by atoms with Gasteiger partial charge in [0.15, 0.2) is 5.11 Å². The van der Waals surface area contributed by atoms with Gasteiger partial charge in [0, 0.05) is 17.6 Å². The minimum absolute atomic E-state index is 0.220. The Morgan fingerprint density at radius 3 is 2.50 bits per heavy atom. The lowest BCUT2D eigenvalue weighted by atomic mass is 10.2. The van der Waals surface area contributed by atoms with Crippen LogP contribution >= 0.6 is 12.2 Å². The van der Waals surface area contributed by atoms with Crippen molar-refractivity contribution in [3.8, 4) is 5.69 Å². The number of aromatic nitrogens is 1. The first-order valence-corrected chi connectivity index (χ1v) is 6.80. The smallest absolute Gasteiger partial charge is 0.335 e. The van der Waals surface area contributed by atoms with E-state index in [1.54, 1.807) is 18.2 Å². The maximum atomic E-state index is 11.7. The summed E-state index contributed by atoms with van der Waals surface area (Å²) < 4.78 is 1.84. The second-order valence-electron chi connectivity index (χ2n) is 4.62. The number of hydrogen-bond donors (Lipinski definition) is 3. The predicted octanol–water partition coefficient (Wildman–Crippen LogP) is 1.52. The summed E-state index contributed by atoms with van der Waals surface area (Å²) in [6.07, 6.45) is 3.51. The standard InChI is InChI=1S/C15H11N3O3S/c19-13-12(16-15(22)17-13)8-11-2-1-7-18(11)10-5-3-9(4-6-10)14(20)21/h1-8H,(H,20,21)(H2,16,17,19,22)/b12-8+. The Bertz CT molecular complexity index is 806. The fourth-order valence-electron chi connectivity index (χ4n) is 2.14. The number of rotatable bonds is 3. The number of aromatic carboxylic acids is 1. The molecule has 7 heteroatoms. The van der Waals surface area contributed by atoms with Gasteiger partial charge in [0.05, 0.1) is 5.56 Å². The monoisotopic (exact) mass is 313 g/mol. The van der Waals surface area contributed by atoms with Crippen LogP contribution in [0, 0.1) is 0 Å². The molecule has 2 heterocycles. The number of nitrogens with zero attached hydrogens (tertiary/aromatic N) is 1. The van der Waals surface area contributed by atoms with Gasteiger partial charge in [-0.25, -0.2) is 4.79 Å². The number of hydrogen-bond acceptors (Lipinski definition) is 3. The van der Waals surface area contributed by atoms with Gasteiger partial charge >= 0.3 is 5.97 Å². The normalized spacial score (nSPS) is 15.7. The van der Waals surface area contributed by atoms with Crippen molar-refractivity contribution in [1.29, 1.82) is 0 Å². The molecule has 6 nitrogen and oxygen atoms in total. The zero-order chi connectivity index (χ0) is 15.7. The lowest BCUT2D eigenvalue weighted by Crippen LogP contribution is -2.21. The third-order valence-electron chi connectivity index (χ3n) is 3.18. The first-order chi connectivity index (χ1) is 10.5. The molecule has 1 aliphatic heterocycles. The van der Waals surface area contributed by atoms with Crippen molar-refractivity contribution in [2.45, 2.75) is 0 Å². The molecule has 0 radical (unpaired) electrons. The van der Waals surface area contributed by atoms with E-state index < -0.39 is 5.97 Å². The highest BCUT2D eigenvalue weighted by molar-refractivity contribution is 7.80. The van der Waals surface area contributed by atoms with Gasteiger partial charge in [-0.05, 0) is 54.7 Å². The van der Waals surface area contributed by atoms with Crippen molar-refractivity contribution in [3.05, 3.63) is 59.5 Å². The molecule has 1 fully saturated rings. The van der Waals surface area contributed by atoms with Crippen molar-refractivity contribution >= 4 is 35.3 Å². The fraction of sp³-hybridized carbons (Fsp3) is 0. The van der Waals surface area contributed by atoms with Crippen LogP contribution in [-0.2, 0) is 4.79 Å². The Labute approximate surface area is 131 Å². The SMILES string of the molecule is O=C1NC(=S)N/C1=C/c1cccn1-c1ccc(C(=O)O)cc1. The molecule has 1 saturated heterocycles. The third-order valence-corrected chi connectivity index (χ3v) is 3.39. The molecule has 0 saturated carbocycles. The number of carboxylic acids is 1. The van der Waals surface area contributed by atoms with Crippen molar-refractivity contribution in [3.63, 3.8) is 0 Å². The number of nitrogens with one attached hydrogen (secondary N) is 2. The molecular formula is C15H11N3O3S. The Morgan fingerprint density at radius 1 is 1.18 bits per heavy atom. The summed E-state index contributed by atoms with van der Waals surface area (Å²) >= 11 is 4.89. The quantitative estimate of drug-likeness (QED) is 0.591. The van der Waals surface area contributed by atoms with E-state index in [4.69, 9.17) is 17.3 Å². The van der Waals surface area contributed by atoms with E-state index in [0.717, 1.165) is 11.4 Å². The average molecular weight is 313 g/mol. The van der Waals surface area contributed by atoms with E-state index in [9.17, 15) is 9.59 Å². The fourth-order valence-corrected chi connectivity index (χ4v) is 2.34. The van der Waals surface area contributed by atoms with Gasteiger partial charge in [-0.1, -0.05) is 0 Å². The predicted molar refractivity (Wildman–Crippen MR) is 84.6 cm³/mol. The summed E-state index contributed by atoms with van der Waals surface area (Å²) in [6, 6.07) is 10.2. The van der Waals surface area contributed by atoms with Crippen LogP contribution in [0.25, 0.3) is 11.8 Å². The minimum Gasteiger partial charge on any atom is -0.478 e. The van der Waals surface area contributed by atoms with Crippen LogP contribution in [0.4, 0.5) is 0 Å². The third kappa shape index (κ3) is 2.61. The first kappa shape index (κ1) is 14.0. The highest BCUT2D eigenvalue weighted by atomic mass is 32.1. The van der Waals surface area contributed by atoms with E-state index in [1.165, 1.54) is 12.1 Å². The molecular weight excluding hydrogens is 302 g/mol. The largest absolute Gasteiger partial charge is 0.478 e. The lowest BCUT2D eigenvalue weighted by Gasteiger charge is -2.07. The summed E-state index contributed by atoms with van der Waals surface area (Å²) in [5.74, 6) is -1.25. The van der Waals surface area contributed by atoms with Crippen LogP contribution in [0.15, 0.2) is 48.3 Å². The second-order valence-corrected chi connectivity index (χ2v) is 5.03. The molecule has 0 unspecified atom stereocenters. The van der Waals surface area contributed by atoms with E-state index >= 15 is 0 Å². The molecule has 0 aliphatic carbocycles. The molecule has 3 N–H and O–H groups in total. The molecule has 22 heavy (non-hydrogen) atoms.